The molecule has 0 saturated heterocycles. The molecule has 0 radical (unpaired) electrons. The van der Waals surface area contributed by atoms with Crippen LogP contribution in [-0.2, 0) is 7.87 Å². The van der Waals surface area contributed by atoms with Gasteiger partial charge in [-0.3, -0.25) is 0 Å². The van der Waals surface area contributed by atoms with Gasteiger partial charge in [-0.1, -0.05) is 0 Å². The molecule has 0 aliphatic heterocycles. The minimum absolute atomic E-state index is 0.377. The van der Waals surface area contributed by atoms with E-state index in [9.17, 15) is 7.87 Å². The molecular weight excluding hydrogens is 223 g/mol. The first-order valence-corrected chi connectivity index (χ1v) is 8.46. The van der Waals surface area contributed by atoms with Crippen LogP contribution in [0, 0.1) is 0 Å². The standard InChI is InChI=1S/C4H9.C2H3O.O.Sn/c1-3-4-2;1-2-3;;/h1,3-4H2,2H3;2H,1H2;;. The number of aldehydes is 1. The number of rotatable bonds is 5. The summed E-state index contributed by atoms with van der Waals surface area (Å²) < 4.78 is 12.1. The van der Waals surface area contributed by atoms with Gasteiger partial charge in [0.15, 0.2) is 0 Å². The van der Waals surface area contributed by atoms with Crippen molar-refractivity contribution in [3.8, 4) is 0 Å². The molecule has 0 aliphatic carbocycles. The maximum atomic E-state index is 10.9. The van der Waals surface area contributed by atoms with Gasteiger partial charge in [0.25, 0.3) is 0 Å². The molecule has 0 amide bonds. The van der Waals surface area contributed by atoms with Crippen LogP contribution in [0.25, 0.3) is 0 Å². The van der Waals surface area contributed by atoms with E-state index < -0.39 is 19.7 Å². The van der Waals surface area contributed by atoms with E-state index in [2.05, 4.69) is 6.92 Å². The first-order valence-electron chi connectivity index (χ1n) is 3.26. The summed E-state index contributed by atoms with van der Waals surface area (Å²) in [5.74, 6) is 0. The Kier molecular flexibility index (Phi) is 6.58. The Balaban J connectivity index is 3.16. The van der Waals surface area contributed by atoms with Gasteiger partial charge in [0, 0.05) is 0 Å². The van der Waals surface area contributed by atoms with Crippen molar-refractivity contribution < 1.29 is 7.87 Å². The van der Waals surface area contributed by atoms with Crippen LogP contribution < -0.4 is 0 Å². The van der Waals surface area contributed by atoms with Gasteiger partial charge in [0.2, 0.25) is 0 Å². The molecule has 2 nitrogen and oxygen atoms in total. The van der Waals surface area contributed by atoms with Crippen molar-refractivity contribution in [1.82, 2.24) is 0 Å². The van der Waals surface area contributed by atoms with Crippen molar-refractivity contribution in [2.24, 2.45) is 0 Å². The van der Waals surface area contributed by atoms with Gasteiger partial charge >= 0.3 is 62.5 Å². The molecule has 0 aromatic heterocycles. The van der Waals surface area contributed by atoms with E-state index in [0.717, 1.165) is 23.6 Å². The molecule has 0 aromatic rings. The number of carbonyl (C=O) groups is 1. The monoisotopic (exact) mass is 236 g/mol. The fraction of sp³-hybridized carbons (Fsp3) is 0.833. The van der Waals surface area contributed by atoms with Gasteiger partial charge in [0.1, 0.15) is 0 Å². The third kappa shape index (κ3) is 6.15. The molecule has 3 heteroatoms. The predicted molar refractivity (Wildman–Crippen MR) is 37.0 cm³/mol. The normalized spacial score (nSPS) is 9.00. The average molecular weight is 235 g/mol. The molecular formula is C6H12O2Sn. The SMILES string of the molecule is CCC[CH2][Sn](=[O])[CH2]C=O. The third-order valence-corrected chi connectivity index (χ3v) is 5.50. The maximum absolute atomic E-state index is 10.9. The van der Waals surface area contributed by atoms with Crippen molar-refractivity contribution in [1.29, 1.82) is 0 Å². The van der Waals surface area contributed by atoms with Gasteiger partial charge < -0.3 is 0 Å². The summed E-state index contributed by atoms with van der Waals surface area (Å²) in [6.45, 7) is 2.07. The molecule has 0 bridgehead atoms. The Bertz CT molecular complexity index is 101. The molecule has 0 unspecified atom stereocenters. The minimum atomic E-state index is -2.33. The van der Waals surface area contributed by atoms with Crippen molar-refractivity contribution in [3.05, 3.63) is 0 Å². The second kappa shape index (κ2) is 6.39. The molecule has 0 heterocycles. The second-order valence-corrected chi connectivity index (χ2v) is 7.68. The van der Waals surface area contributed by atoms with E-state index in [1.807, 2.05) is 0 Å². The van der Waals surface area contributed by atoms with Crippen LogP contribution in [-0.4, -0.2) is 26.0 Å². The van der Waals surface area contributed by atoms with Crippen LogP contribution >= 0.6 is 0 Å². The topological polar surface area (TPSA) is 34.1 Å². The summed E-state index contributed by atoms with van der Waals surface area (Å²) in [7, 11) is 0. The van der Waals surface area contributed by atoms with Crippen molar-refractivity contribution in [3.63, 3.8) is 0 Å². The Morgan fingerprint density at radius 1 is 1.56 bits per heavy atom. The van der Waals surface area contributed by atoms with Gasteiger partial charge in [-0.15, -0.1) is 0 Å². The van der Waals surface area contributed by atoms with Crippen LogP contribution in [0.4, 0.5) is 0 Å². The Morgan fingerprint density at radius 2 is 2.22 bits per heavy atom. The zero-order valence-electron chi connectivity index (χ0n) is 5.72. The predicted octanol–water partition coefficient (Wildman–Crippen LogP) is 1.41. The van der Waals surface area contributed by atoms with Crippen LogP contribution in [0.15, 0.2) is 0 Å². The number of hydrogen-bond donors (Lipinski definition) is 0. The van der Waals surface area contributed by atoms with E-state index in [0.29, 0.717) is 4.44 Å². The van der Waals surface area contributed by atoms with Crippen LogP contribution in [0.2, 0.25) is 8.87 Å². The molecule has 52 valence electrons. The molecule has 0 spiro atoms. The zero-order chi connectivity index (χ0) is 7.11. The quantitative estimate of drug-likeness (QED) is 0.533. The van der Waals surface area contributed by atoms with Gasteiger partial charge in [-0.25, -0.2) is 0 Å². The van der Waals surface area contributed by atoms with Crippen LogP contribution in [0.1, 0.15) is 19.8 Å². The number of carbonyl (C=O) groups excluding carboxylic acids is 1. The Hall–Kier alpha value is 0.269. The molecule has 0 aromatic carbocycles. The summed E-state index contributed by atoms with van der Waals surface area (Å²) in [5.41, 5.74) is 0. The van der Waals surface area contributed by atoms with Crippen molar-refractivity contribution >= 4 is 26.0 Å². The average Bonchev–Trinajstić information content (AvgIpc) is 1.85. The van der Waals surface area contributed by atoms with E-state index >= 15 is 0 Å². The van der Waals surface area contributed by atoms with Crippen molar-refractivity contribution in [2.45, 2.75) is 28.6 Å². The van der Waals surface area contributed by atoms with E-state index in [1.165, 1.54) is 0 Å². The van der Waals surface area contributed by atoms with E-state index in [4.69, 9.17) is 0 Å². The first-order chi connectivity index (χ1) is 4.31. The molecule has 9 heavy (non-hydrogen) atoms. The summed E-state index contributed by atoms with van der Waals surface area (Å²) >= 11 is -2.33. The number of unbranched alkanes of at least 4 members (excludes halogenated alkanes) is 1. The second-order valence-electron chi connectivity index (χ2n) is 2.01. The summed E-state index contributed by atoms with van der Waals surface area (Å²) in [6, 6.07) is 0. The van der Waals surface area contributed by atoms with Crippen molar-refractivity contribution in [2.75, 3.05) is 0 Å². The summed E-state index contributed by atoms with van der Waals surface area (Å²) in [4.78, 5) is 9.83. The van der Waals surface area contributed by atoms with Crippen LogP contribution in [0.3, 0.4) is 0 Å². The number of hydrogen-bond acceptors (Lipinski definition) is 2. The third-order valence-electron chi connectivity index (χ3n) is 1.12. The van der Waals surface area contributed by atoms with Gasteiger partial charge in [0.05, 0.1) is 0 Å². The molecule has 0 atom stereocenters. The fourth-order valence-electron chi connectivity index (χ4n) is 0.569. The van der Waals surface area contributed by atoms with Gasteiger partial charge in [-0.05, 0) is 0 Å². The summed E-state index contributed by atoms with van der Waals surface area (Å²) in [5, 5.41) is 0. The molecule has 0 rings (SSSR count). The van der Waals surface area contributed by atoms with Crippen LogP contribution in [0.5, 0.6) is 0 Å². The fourth-order valence-corrected chi connectivity index (χ4v) is 3.82. The molecule has 0 saturated carbocycles. The summed E-state index contributed by atoms with van der Waals surface area (Å²) in [6.07, 6.45) is 2.91. The zero-order valence-corrected chi connectivity index (χ0v) is 8.58. The Labute approximate surface area is 62.8 Å². The van der Waals surface area contributed by atoms with E-state index in [-0.39, 0.29) is 0 Å². The molecule has 0 fully saturated rings. The van der Waals surface area contributed by atoms with E-state index in [1.54, 1.807) is 0 Å². The van der Waals surface area contributed by atoms with Gasteiger partial charge in [-0.2, -0.15) is 0 Å². The first kappa shape index (κ1) is 9.27. The molecule has 0 N–H and O–H groups in total. The Morgan fingerprint density at radius 3 is 2.67 bits per heavy atom. The molecule has 0 aliphatic rings.